The Labute approximate surface area is 165 Å². The number of anilines is 1. The van der Waals surface area contributed by atoms with E-state index >= 15 is 0 Å². The highest BCUT2D eigenvalue weighted by Gasteiger charge is 2.33. The summed E-state index contributed by atoms with van der Waals surface area (Å²) in [6, 6.07) is 0. The number of nitrogens with one attached hydrogen (secondary N) is 2. The predicted molar refractivity (Wildman–Crippen MR) is 106 cm³/mol. The maximum absolute atomic E-state index is 12.2. The van der Waals surface area contributed by atoms with E-state index in [1.807, 2.05) is 14.1 Å². The minimum atomic E-state index is -0.210. The lowest BCUT2D eigenvalue weighted by molar-refractivity contribution is -0.125. The predicted octanol–water partition coefficient (Wildman–Crippen LogP) is 1.68. The Morgan fingerprint density at radius 3 is 2.56 bits per heavy atom. The Morgan fingerprint density at radius 2 is 1.89 bits per heavy atom. The van der Waals surface area contributed by atoms with Crippen LogP contribution < -0.4 is 10.6 Å². The van der Waals surface area contributed by atoms with Crippen LogP contribution in [-0.4, -0.2) is 67.3 Å². The van der Waals surface area contributed by atoms with Gasteiger partial charge in [-0.05, 0) is 33.4 Å². The molecule has 2 rings (SSSR count). The molecule has 1 saturated heterocycles. The van der Waals surface area contributed by atoms with Crippen molar-refractivity contribution in [2.45, 2.75) is 45.4 Å². The topological polar surface area (TPSA) is 96.5 Å². The third-order valence-corrected chi connectivity index (χ3v) is 5.52. The molecule has 1 aliphatic rings. The van der Waals surface area contributed by atoms with Crippen LogP contribution in [0.1, 0.15) is 44.0 Å². The van der Waals surface area contributed by atoms with Gasteiger partial charge in [-0.2, -0.15) is 0 Å². The van der Waals surface area contributed by atoms with Gasteiger partial charge in [-0.3, -0.25) is 9.59 Å². The van der Waals surface area contributed by atoms with Gasteiger partial charge >= 0.3 is 0 Å². The molecule has 0 aromatic carbocycles. The van der Waals surface area contributed by atoms with Crippen molar-refractivity contribution in [3.63, 3.8) is 0 Å². The molecule has 152 valence electrons. The summed E-state index contributed by atoms with van der Waals surface area (Å²) in [6.07, 6.45) is 4.02. The number of aromatic nitrogens is 2. The molecule has 2 heterocycles. The first-order chi connectivity index (χ1) is 12.9. The number of amides is 2. The molecule has 27 heavy (non-hydrogen) atoms. The molecule has 0 saturated carbocycles. The molecule has 0 atom stereocenters. The van der Waals surface area contributed by atoms with Crippen molar-refractivity contribution >= 4 is 28.3 Å². The van der Waals surface area contributed by atoms with Gasteiger partial charge < -0.3 is 20.3 Å². The van der Waals surface area contributed by atoms with Gasteiger partial charge in [-0.15, -0.1) is 10.2 Å². The highest BCUT2D eigenvalue weighted by Crippen LogP contribution is 2.30. The van der Waals surface area contributed by atoms with E-state index in [1.165, 1.54) is 11.3 Å². The van der Waals surface area contributed by atoms with Crippen molar-refractivity contribution < 1.29 is 14.3 Å². The lowest BCUT2D eigenvalue weighted by Gasteiger charge is -2.39. The van der Waals surface area contributed by atoms with E-state index in [2.05, 4.69) is 32.7 Å². The van der Waals surface area contributed by atoms with Crippen LogP contribution >= 0.6 is 11.3 Å². The largest absolute Gasteiger partial charge is 0.381 e. The van der Waals surface area contributed by atoms with Crippen molar-refractivity contribution in [2.75, 3.05) is 45.7 Å². The van der Waals surface area contributed by atoms with Crippen molar-refractivity contribution in [3.05, 3.63) is 5.01 Å². The Morgan fingerprint density at radius 1 is 1.19 bits per heavy atom. The van der Waals surface area contributed by atoms with Crippen LogP contribution in [0, 0.1) is 5.41 Å². The summed E-state index contributed by atoms with van der Waals surface area (Å²) < 4.78 is 5.47. The van der Waals surface area contributed by atoms with Gasteiger partial charge in [0.05, 0.1) is 0 Å². The van der Waals surface area contributed by atoms with E-state index in [1.54, 1.807) is 0 Å². The molecule has 1 aliphatic heterocycles. The lowest BCUT2D eigenvalue weighted by Crippen LogP contribution is -2.47. The second-order valence-corrected chi connectivity index (χ2v) is 8.49. The number of carbonyl (C=O) groups is 2. The standard InChI is InChI=1S/C18H31N5O3S/c1-4-5-16-21-22-17(27-16)20-15(25)7-6-14(24)19-12-18(13-23(2)3)8-10-26-11-9-18/h4-13H2,1-3H3,(H,19,24)(H,20,22,25). The first kappa shape index (κ1) is 21.7. The zero-order chi connectivity index (χ0) is 19.7. The van der Waals surface area contributed by atoms with Gasteiger partial charge in [0, 0.05) is 51.0 Å². The minimum absolute atomic E-state index is 0.0436. The van der Waals surface area contributed by atoms with Gasteiger partial charge in [0.15, 0.2) is 0 Å². The van der Waals surface area contributed by atoms with Crippen LogP contribution in [-0.2, 0) is 20.7 Å². The molecular weight excluding hydrogens is 366 g/mol. The van der Waals surface area contributed by atoms with Gasteiger partial charge in [0.1, 0.15) is 5.01 Å². The maximum Gasteiger partial charge on any atom is 0.226 e. The fourth-order valence-electron chi connectivity index (χ4n) is 3.27. The number of carbonyl (C=O) groups excluding carboxylic acids is 2. The number of hydrogen-bond acceptors (Lipinski definition) is 7. The third kappa shape index (κ3) is 7.51. The molecule has 0 bridgehead atoms. The second kappa shape index (κ2) is 10.7. The molecule has 2 N–H and O–H groups in total. The first-order valence-corrected chi connectivity index (χ1v) is 10.4. The van der Waals surface area contributed by atoms with Gasteiger partial charge in [-0.1, -0.05) is 18.3 Å². The smallest absolute Gasteiger partial charge is 0.226 e. The van der Waals surface area contributed by atoms with Crippen LogP contribution in [0.3, 0.4) is 0 Å². The molecule has 0 unspecified atom stereocenters. The van der Waals surface area contributed by atoms with Gasteiger partial charge in [0.25, 0.3) is 0 Å². The molecule has 8 nitrogen and oxygen atoms in total. The monoisotopic (exact) mass is 397 g/mol. The molecule has 9 heteroatoms. The van der Waals surface area contributed by atoms with Crippen LogP contribution in [0.25, 0.3) is 0 Å². The molecule has 2 amide bonds. The van der Waals surface area contributed by atoms with Crippen LogP contribution in [0.5, 0.6) is 0 Å². The highest BCUT2D eigenvalue weighted by atomic mass is 32.1. The quantitative estimate of drug-likeness (QED) is 0.624. The average molecular weight is 398 g/mol. The number of rotatable bonds is 10. The molecule has 1 aromatic heterocycles. The summed E-state index contributed by atoms with van der Waals surface area (Å²) in [5.74, 6) is -0.308. The zero-order valence-corrected chi connectivity index (χ0v) is 17.4. The summed E-state index contributed by atoms with van der Waals surface area (Å²) in [4.78, 5) is 26.4. The molecular formula is C18H31N5O3S. The normalized spacial score (nSPS) is 16.3. The number of hydrogen-bond donors (Lipinski definition) is 2. The van der Waals surface area contributed by atoms with Gasteiger partial charge in [-0.25, -0.2) is 0 Å². The summed E-state index contributed by atoms with van der Waals surface area (Å²) >= 11 is 1.38. The van der Waals surface area contributed by atoms with Crippen molar-refractivity contribution in [2.24, 2.45) is 5.41 Å². The number of ether oxygens (including phenoxy) is 1. The summed E-state index contributed by atoms with van der Waals surface area (Å²) in [7, 11) is 4.09. The summed E-state index contributed by atoms with van der Waals surface area (Å²) in [6.45, 7) is 5.06. The van der Waals surface area contributed by atoms with Gasteiger partial charge in [0.2, 0.25) is 16.9 Å². The summed E-state index contributed by atoms with van der Waals surface area (Å²) in [5, 5.41) is 15.1. The fraction of sp³-hybridized carbons (Fsp3) is 0.778. The fourth-order valence-corrected chi connectivity index (χ4v) is 4.13. The van der Waals surface area contributed by atoms with Crippen LogP contribution in [0.2, 0.25) is 0 Å². The minimum Gasteiger partial charge on any atom is -0.381 e. The Hall–Kier alpha value is -1.58. The summed E-state index contributed by atoms with van der Waals surface area (Å²) in [5.41, 5.74) is 0.0436. The Kier molecular flexibility index (Phi) is 8.59. The van der Waals surface area contributed by atoms with E-state index in [9.17, 15) is 9.59 Å². The van der Waals surface area contributed by atoms with Crippen molar-refractivity contribution in [1.82, 2.24) is 20.4 Å². The molecule has 0 radical (unpaired) electrons. The van der Waals surface area contributed by atoms with Crippen molar-refractivity contribution in [3.8, 4) is 0 Å². The van der Waals surface area contributed by atoms with E-state index in [4.69, 9.17) is 4.74 Å². The number of aryl methyl sites for hydroxylation is 1. The average Bonchev–Trinajstić information content (AvgIpc) is 3.06. The lowest BCUT2D eigenvalue weighted by atomic mass is 9.79. The molecule has 1 aromatic rings. The van der Waals surface area contributed by atoms with E-state index in [-0.39, 0.29) is 30.1 Å². The third-order valence-electron chi connectivity index (χ3n) is 4.62. The van der Waals surface area contributed by atoms with E-state index in [0.29, 0.717) is 11.7 Å². The SMILES string of the molecule is CCCc1nnc(NC(=O)CCC(=O)NCC2(CN(C)C)CCOCC2)s1. The second-order valence-electron chi connectivity index (χ2n) is 7.43. The van der Waals surface area contributed by atoms with Crippen LogP contribution in [0.4, 0.5) is 5.13 Å². The molecule has 0 spiro atoms. The number of nitrogens with zero attached hydrogens (tertiary/aromatic N) is 3. The molecule has 1 fully saturated rings. The Bertz CT molecular complexity index is 614. The van der Waals surface area contributed by atoms with Crippen molar-refractivity contribution in [1.29, 1.82) is 0 Å². The highest BCUT2D eigenvalue weighted by molar-refractivity contribution is 7.15. The first-order valence-electron chi connectivity index (χ1n) is 9.54. The zero-order valence-electron chi connectivity index (χ0n) is 16.5. The van der Waals surface area contributed by atoms with E-state index in [0.717, 1.165) is 50.4 Å². The molecule has 0 aliphatic carbocycles. The van der Waals surface area contributed by atoms with Crippen LogP contribution in [0.15, 0.2) is 0 Å². The Balaban J connectivity index is 1.73. The maximum atomic E-state index is 12.2. The van der Waals surface area contributed by atoms with E-state index < -0.39 is 0 Å².